The Hall–Kier alpha value is -3.87. The van der Waals surface area contributed by atoms with Crippen LogP contribution in [0, 0.1) is 0 Å². The Morgan fingerprint density at radius 2 is 1.73 bits per heavy atom. The fourth-order valence-electron chi connectivity index (χ4n) is 3.60. The quantitative estimate of drug-likeness (QED) is 0.557. The van der Waals surface area contributed by atoms with E-state index in [-0.39, 0.29) is 23.2 Å². The van der Waals surface area contributed by atoms with Crippen LogP contribution in [0.5, 0.6) is 5.75 Å². The van der Waals surface area contributed by atoms with Gasteiger partial charge in [0.1, 0.15) is 16.9 Å². The lowest BCUT2D eigenvalue weighted by Crippen LogP contribution is -2.36. The minimum Gasteiger partial charge on any atom is -0.497 e. The maximum Gasteiger partial charge on any atom is 0.257 e. The van der Waals surface area contributed by atoms with E-state index in [1.807, 2.05) is 61.5 Å². The lowest BCUT2D eigenvalue weighted by atomic mass is 10.1. The molecule has 0 radical (unpaired) electrons. The van der Waals surface area contributed by atoms with Crippen molar-refractivity contribution >= 4 is 11.8 Å². The van der Waals surface area contributed by atoms with E-state index in [4.69, 9.17) is 4.74 Å². The molecule has 0 saturated heterocycles. The zero-order valence-electron chi connectivity index (χ0n) is 18.7. The van der Waals surface area contributed by atoms with Crippen molar-refractivity contribution in [2.75, 3.05) is 7.11 Å². The molecule has 3 aromatic rings. The van der Waals surface area contributed by atoms with Gasteiger partial charge in [0.2, 0.25) is 5.43 Å². The summed E-state index contributed by atoms with van der Waals surface area (Å²) in [7, 11) is 1.58. The smallest absolute Gasteiger partial charge is 0.257 e. The number of hydrogen-bond acceptors (Lipinski definition) is 4. The van der Waals surface area contributed by atoms with Crippen molar-refractivity contribution in [2.45, 2.75) is 38.4 Å². The summed E-state index contributed by atoms with van der Waals surface area (Å²) in [6.07, 6.45) is 4.84. The molecular formula is C26H27N3O4. The van der Waals surface area contributed by atoms with Crippen LogP contribution in [0.4, 0.5) is 0 Å². The Kier molecular flexibility index (Phi) is 6.58. The monoisotopic (exact) mass is 445 g/mol. The Balaban J connectivity index is 1.64. The third-order valence-electron chi connectivity index (χ3n) is 5.63. The van der Waals surface area contributed by atoms with Gasteiger partial charge in [-0.15, -0.1) is 0 Å². The first-order valence-corrected chi connectivity index (χ1v) is 11.0. The highest BCUT2D eigenvalue weighted by Crippen LogP contribution is 2.20. The number of carbonyl (C=O) groups excluding carboxylic acids is 2. The van der Waals surface area contributed by atoms with Crippen LogP contribution >= 0.6 is 0 Å². The summed E-state index contributed by atoms with van der Waals surface area (Å²) in [6.45, 7) is 2.26. The van der Waals surface area contributed by atoms with Crippen molar-refractivity contribution in [1.82, 2.24) is 15.2 Å². The average molecular weight is 446 g/mol. The second-order valence-corrected chi connectivity index (χ2v) is 8.29. The summed E-state index contributed by atoms with van der Waals surface area (Å²) in [5.41, 5.74) is 1.16. The molecule has 4 rings (SSSR count). The summed E-state index contributed by atoms with van der Waals surface area (Å²) < 4.78 is 6.97. The molecule has 0 spiro atoms. The third kappa shape index (κ3) is 5.49. The number of methoxy groups -OCH3 is 1. The second-order valence-electron chi connectivity index (χ2n) is 8.29. The molecule has 2 N–H and O–H groups in total. The largest absolute Gasteiger partial charge is 0.497 e. The van der Waals surface area contributed by atoms with E-state index in [1.165, 1.54) is 12.4 Å². The molecule has 1 saturated carbocycles. The maximum atomic E-state index is 13.1. The lowest BCUT2D eigenvalue weighted by Gasteiger charge is -2.17. The van der Waals surface area contributed by atoms with Gasteiger partial charge in [-0.3, -0.25) is 14.4 Å². The van der Waals surface area contributed by atoms with Gasteiger partial charge in [0.05, 0.1) is 13.2 Å². The van der Waals surface area contributed by atoms with E-state index in [0.29, 0.717) is 12.3 Å². The molecule has 1 aliphatic rings. The minimum atomic E-state index is -0.576. The summed E-state index contributed by atoms with van der Waals surface area (Å²) >= 11 is 0. The van der Waals surface area contributed by atoms with Crippen LogP contribution in [0.15, 0.2) is 71.8 Å². The predicted octanol–water partition coefficient (Wildman–Crippen LogP) is 3.29. The molecule has 33 heavy (non-hydrogen) atoms. The molecule has 1 aromatic heterocycles. The first-order chi connectivity index (χ1) is 15.9. The van der Waals surface area contributed by atoms with E-state index in [1.54, 1.807) is 11.7 Å². The van der Waals surface area contributed by atoms with E-state index in [9.17, 15) is 14.4 Å². The molecule has 1 aliphatic carbocycles. The van der Waals surface area contributed by atoms with Gasteiger partial charge in [0.15, 0.2) is 0 Å². The maximum absolute atomic E-state index is 13.1. The fraction of sp³-hybridized carbons (Fsp3) is 0.269. The van der Waals surface area contributed by atoms with Crippen molar-refractivity contribution in [3.8, 4) is 5.75 Å². The summed E-state index contributed by atoms with van der Waals surface area (Å²) in [4.78, 5) is 39.0. The molecule has 0 bridgehead atoms. The van der Waals surface area contributed by atoms with E-state index in [0.717, 1.165) is 24.0 Å². The van der Waals surface area contributed by atoms with E-state index >= 15 is 0 Å². The standard InChI is InChI=1S/C26H27N3O4/c1-17(19-9-6-10-21(13-19)33-2)27-25(31)22-15-29(14-18-7-4-3-5-8-18)16-23(24(22)30)26(32)28-20-11-12-20/h3-10,13,15-17,20H,11-12,14H2,1-2H3,(H,27,31)(H,28,32)/t17-/m1/s1. The van der Waals surface area contributed by atoms with Crippen LogP contribution in [0.2, 0.25) is 0 Å². The lowest BCUT2D eigenvalue weighted by molar-refractivity contribution is 0.0938. The van der Waals surface area contributed by atoms with Crippen LogP contribution in [0.25, 0.3) is 0 Å². The van der Waals surface area contributed by atoms with Gasteiger partial charge >= 0.3 is 0 Å². The Morgan fingerprint density at radius 1 is 1.03 bits per heavy atom. The Labute approximate surface area is 192 Å². The Morgan fingerprint density at radius 3 is 2.39 bits per heavy atom. The van der Waals surface area contributed by atoms with Gasteiger partial charge in [-0.1, -0.05) is 42.5 Å². The molecule has 2 aromatic carbocycles. The van der Waals surface area contributed by atoms with Crippen molar-refractivity contribution < 1.29 is 14.3 Å². The molecule has 2 amide bonds. The normalized spacial score (nSPS) is 13.8. The highest BCUT2D eigenvalue weighted by atomic mass is 16.5. The summed E-state index contributed by atoms with van der Waals surface area (Å²) in [5, 5.41) is 5.73. The number of ether oxygens (including phenoxy) is 1. The third-order valence-corrected chi connectivity index (χ3v) is 5.63. The number of nitrogens with one attached hydrogen (secondary N) is 2. The second kappa shape index (κ2) is 9.73. The summed E-state index contributed by atoms with van der Waals surface area (Å²) in [6, 6.07) is 16.8. The summed E-state index contributed by atoms with van der Waals surface area (Å²) in [5.74, 6) is -0.296. The van der Waals surface area contributed by atoms with E-state index < -0.39 is 17.2 Å². The number of aromatic nitrogens is 1. The predicted molar refractivity (Wildman–Crippen MR) is 126 cm³/mol. The number of rotatable bonds is 8. The topological polar surface area (TPSA) is 89.4 Å². The average Bonchev–Trinajstić information content (AvgIpc) is 3.64. The van der Waals surface area contributed by atoms with Crippen LogP contribution < -0.4 is 20.8 Å². The van der Waals surface area contributed by atoms with Crippen LogP contribution in [-0.2, 0) is 6.54 Å². The van der Waals surface area contributed by atoms with Crippen molar-refractivity contribution in [1.29, 1.82) is 0 Å². The number of benzene rings is 2. The molecule has 0 aliphatic heterocycles. The van der Waals surface area contributed by atoms with Gasteiger partial charge in [-0.05, 0) is 43.0 Å². The number of amides is 2. The van der Waals surface area contributed by atoms with Crippen LogP contribution in [0.3, 0.4) is 0 Å². The van der Waals surface area contributed by atoms with Crippen LogP contribution in [-0.4, -0.2) is 29.5 Å². The molecule has 170 valence electrons. The van der Waals surface area contributed by atoms with Gasteiger partial charge in [0.25, 0.3) is 11.8 Å². The fourth-order valence-corrected chi connectivity index (χ4v) is 3.60. The molecule has 1 heterocycles. The van der Waals surface area contributed by atoms with Gasteiger partial charge in [0, 0.05) is 25.0 Å². The highest BCUT2D eigenvalue weighted by Gasteiger charge is 2.27. The zero-order chi connectivity index (χ0) is 23.4. The zero-order valence-corrected chi connectivity index (χ0v) is 18.7. The molecule has 7 nitrogen and oxygen atoms in total. The van der Waals surface area contributed by atoms with Gasteiger partial charge in [-0.25, -0.2) is 0 Å². The van der Waals surface area contributed by atoms with Crippen molar-refractivity contribution in [2.24, 2.45) is 0 Å². The van der Waals surface area contributed by atoms with E-state index in [2.05, 4.69) is 10.6 Å². The molecular weight excluding hydrogens is 418 g/mol. The molecule has 7 heteroatoms. The minimum absolute atomic E-state index is 0.0282. The molecule has 0 unspecified atom stereocenters. The molecule has 1 atom stereocenters. The highest BCUT2D eigenvalue weighted by molar-refractivity contribution is 5.99. The van der Waals surface area contributed by atoms with Gasteiger partial charge < -0.3 is 19.9 Å². The first-order valence-electron chi connectivity index (χ1n) is 11.0. The van der Waals surface area contributed by atoms with Crippen molar-refractivity contribution in [3.63, 3.8) is 0 Å². The van der Waals surface area contributed by atoms with Crippen molar-refractivity contribution in [3.05, 3.63) is 99.5 Å². The number of hydrogen-bond donors (Lipinski definition) is 2. The number of pyridine rings is 1. The Bertz CT molecular complexity index is 1220. The SMILES string of the molecule is COc1cccc([C@@H](C)NC(=O)c2cn(Cc3ccccc3)cc(C(=O)NC3CC3)c2=O)c1. The van der Waals surface area contributed by atoms with Crippen LogP contribution in [0.1, 0.15) is 57.7 Å². The first kappa shape index (κ1) is 22.3. The van der Waals surface area contributed by atoms with Gasteiger partial charge in [-0.2, -0.15) is 0 Å². The number of nitrogens with zero attached hydrogens (tertiary/aromatic N) is 1. The molecule has 1 fully saturated rings. The number of carbonyl (C=O) groups is 2.